The molecule has 14 heavy (non-hydrogen) atoms. The number of nitrogens with one attached hydrogen (secondary N) is 1. The number of amides is 1. The van der Waals surface area contributed by atoms with E-state index < -0.39 is 0 Å². The van der Waals surface area contributed by atoms with Gasteiger partial charge in [0.25, 0.3) is 0 Å². The second kappa shape index (κ2) is 5.03. The average Bonchev–Trinajstić information content (AvgIpc) is 2.19. The molecule has 1 amide bonds. The topological polar surface area (TPSA) is 29.1 Å². The van der Waals surface area contributed by atoms with Crippen molar-refractivity contribution in [2.45, 2.75) is 0 Å². The molecule has 0 aliphatic rings. The molecule has 1 rings (SSSR count). The molecule has 2 nitrogen and oxygen atoms in total. The Hall–Kier alpha value is -0.990. The smallest absolute Gasteiger partial charge is 0.243 e. The normalized spacial score (nSPS) is 10.5. The molecule has 0 aromatic heterocycles. The third kappa shape index (κ3) is 3.05. The van der Waals surface area contributed by atoms with Crippen LogP contribution in [0.1, 0.15) is 5.56 Å². The first-order valence-electron chi connectivity index (χ1n) is 3.98. The van der Waals surface area contributed by atoms with Crippen LogP contribution < -0.4 is 5.32 Å². The van der Waals surface area contributed by atoms with Crippen molar-refractivity contribution < 1.29 is 4.79 Å². The second-order valence-electron chi connectivity index (χ2n) is 2.62. The zero-order valence-corrected chi connectivity index (χ0v) is 9.06. The number of rotatable bonds is 2. The number of likely N-dealkylation sites (N-methyl/N-ethyl adjacent to an activating group) is 1. The van der Waals surface area contributed by atoms with E-state index in [0.717, 1.165) is 5.56 Å². The third-order valence-electron chi connectivity index (χ3n) is 1.62. The maximum absolute atomic E-state index is 10.9. The predicted molar refractivity (Wildman–Crippen MR) is 59.6 cm³/mol. The molecule has 0 aliphatic carbocycles. The number of hydrogen-bond acceptors (Lipinski definition) is 1. The van der Waals surface area contributed by atoms with Crippen LogP contribution in [0.5, 0.6) is 0 Å². The van der Waals surface area contributed by atoms with E-state index in [2.05, 4.69) is 5.32 Å². The number of carbonyl (C=O) groups is 1. The molecular weight excluding hydrogens is 221 g/mol. The number of hydrogen-bond donors (Lipinski definition) is 1. The highest BCUT2D eigenvalue weighted by Gasteiger charge is 1.97. The summed E-state index contributed by atoms with van der Waals surface area (Å²) in [6.45, 7) is 0. The van der Waals surface area contributed by atoms with E-state index in [9.17, 15) is 4.79 Å². The lowest BCUT2D eigenvalue weighted by molar-refractivity contribution is -0.115. The predicted octanol–water partition coefficient (Wildman–Crippen LogP) is 2.75. The van der Waals surface area contributed by atoms with Gasteiger partial charge in [-0.15, -0.1) is 0 Å². The Bertz CT molecular complexity index is 374. The van der Waals surface area contributed by atoms with Crippen molar-refractivity contribution in [3.05, 3.63) is 39.9 Å². The van der Waals surface area contributed by atoms with Gasteiger partial charge in [-0.05, 0) is 23.8 Å². The van der Waals surface area contributed by atoms with Crippen LogP contribution in [0.15, 0.2) is 24.3 Å². The largest absolute Gasteiger partial charge is 0.356 e. The minimum atomic E-state index is -0.156. The molecule has 0 radical (unpaired) electrons. The fourth-order valence-electron chi connectivity index (χ4n) is 0.871. The first-order chi connectivity index (χ1) is 6.63. The first-order valence-corrected chi connectivity index (χ1v) is 4.74. The van der Waals surface area contributed by atoms with Crippen LogP contribution in [0.2, 0.25) is 10.0 Å². The molecule has 74 valence electrons. The summed E-state index contributed by atoms with van der Waals surface area (Å²) in [7, 11) is 1.57. The van der Waals surface area contributed by atoms with E-state index in [-0.39, 0.29) is 5.91 Å². The zero-order valence-electron chi connectivity index (χ0n) is 7.55. The maximum atomic E-state index is 10.9. The van der Waals surface area contributed by atoms with E-state index in [0.29, 0.717) is 10.0 Å². The van der Waals surface area contributed by atoms with Crippen LogP contribution >= 0.6 is 23.2 Å². The SMILES string of the molecule is CNC(=O)C=Cc1ccc(Cl)c(Cl)c1. The lowest BCUT2D eigenvalue weighted by Crippen LogP contribution is -2.13. The quantitative estimate of drug-likeness (QED) is 0.777. The highest BCUT2D eigenvalue weighted by Crippen LogP contribution is 2.22. The van der Waals surface area contributed by atoms with Gasteiger partial charge in [0.1, 0.15) is 0 Å². The zero-order chi connectivity index (χ0) is 10.6. The van der Waals surface area contributed by atoms with Crippen molar-refractivity contribution in [3.63, 3.8) is 0 Å². The number of carbonyl (C=O) groups excluding carboxylic acids is 1. The van der Waals surface area contributed by atoms with Gasteiger partial charge >= 0.3 is 0 Å². The van der Waals surface area contributed by atoms with Crippen LogP contribution in [0.25, 0.3) is 6.08 Å². The summed E-state index contributed by atoms with van der Waals surface area (Å²) in [4.78, 5) is 10.9. The van der Waals surface area contributed by atoms with E-state index >= 15 is 0 Å². The summed E-state index contributed by atoms with van der Waals surface area (Å²) in [6.07, 6.45) is 3.10. The minimum absolute atomic E-state index is 0.156. The molecule has 0 atom stereocenters. The molecule has 0 saturated carbocycles. The maximum Gasteiger partial charge on any atom is 0.243 e. The molecule has 0 bridgehead atoms. The molecule has 1 N–H and O–H groups in total. The third-order valence-corrected chi connectivity index (χ3v) is 2.36. The fraction of sp³-hybridized carbons (Fsp3) is 0.100. The summed E-state index contributed by atoms with van der Waals surface area (Å²) in [5.41, 5.74) is 0.836. The Labute approximate surface area is 92.5 Å². The van der Waals surface area contributed by atoms with Gasteiger partial charge in [-0.25, -0.2) is 0 Å². The summed E-state index contributed by atoms with van der Waals surface area (Å²) in [5.74, 6) is -0.156. The Morgan fingerprint density at radius 1 is 1.36 bits per heavy atom. The Kier molecular flexibility index (Phi) is 3.98. The summed E-state index contributed by atoms with van der Waals surface area (Å²) >= 11 is 11.5. The molecule has 1 aromatic carbocycles. The van der Waals surface area contributed by atoms with Crippen LogP contribution in [0.4, 0.5) is 0 Å². The molecule has 4 heteroatoms. The monoisotopic (exact) mass is 229 g/mol. The van der Waals surface area contributed by atoms with Crippen molar-refractivity contribution >= 4 is 35.2 Å². The summed E-state index contributed by atoms with van der Waals surface area (Å²) in [5, 5.41) is 3.46. The lowest BCUT2D eigenvalue weighted by atomic mass is 10.2. The van der Waals surface area contributed by atoms with Gasteiger partial charge < -0.3 is 5.32 Å². The van der Waals surface area contributed by atoms with Crippen molar-refractivity contribution in [1.82, 2.24) is 5.32 Å². The van der Waals surface area contributed by atoms with Crippen LogP contribution in [-0.2, 0) is 4.79 Å². The molecular formula is C10H9Cl2NO. The van der Waals surface area contributed by atoms with Gasteiger partial charge in [-0.1, -0.05) is 29.3 Å². The van der Waals surface area contributed by atoms with Gasteiger partial charge in [-0.3, -0.25) is 4.79 Å². The average molecular weight is 230 g/mol. The standard InChI is InChI=1S/C10H9Cl2NO/c1-13-10(14)5-3-7-2-4-8(11)9(12)6-7/h2-6H,1H3,(H,13,14). The fourth-order valence-corrected chi connectivity index (χ4v) is 1.18. The first kappa shape index (κ1) is 11.1. The van der Waals surface area contributed by atoms with Gasteiger partial charge in [0.2, 0.25) is 5.91 Å². The molecule has 0 spiro atoms. The van der Waals surface area contributed by atoms with Gasteiger partial charge in [-0.2, -0.15) is 0 Å². The second-order valence-corrected chi connectivity index (χ2v) is 3.44. The van der Waals surface area contributed by atoms with Crippen LogP contribution in [0.3, 0.4) is 0 Å². The highest BCUT2D eigenvalue weighted by molar-refractivity contribution is 6.42. The van der Waals surface area contributed by atoms with Gasteiger partial charge in [0.05, 0.1) is 10.0 Å². The molecule has 0 aliphatic heterocycles. The van der Waals surface area contributed by atoms with Crippen molar-refractivity contribution in [2.24, 2.45) is 0 Å². The summed E-state index contributed by atoms with van der Waals surface area (Å²) in [6, 6.07) is 5.17. The van der Waals surface area contributed by atoms with Crippen LogP contribution in [-0.4, -0.2) is 13.0 Å². The Morgan fingerprint density at radius 2 is 2.07 bits per heavy atom. The molecule has 0 fully saturated rings. The van der Waals surface area contributed by atoms with Crippen molar-refractivity contribution in [2.75, 3.05) is 7.05 Å². The number of halogens is 2. The molecule has 1 aromatic rings. The lowest BCUT2D eigenvalue weighted by Gasteiger charge is -1.97. The van der Waals surface area contributed by atoms with Crippen LogP contribution in [0, 0.1) is 0 Å². The molecule has 0 saturated heterocycles. The van der Waals surface area contributed by atoms with E-state index in [1.54, 1.807) is 31.3 Å². The molecule has 0 unspecified atom stereocenters. The molecule has 0 heterocycles. The van der Waals surface area contributed by atoms with E-state index in [1.807, 2.05) is 0 Å². The van der Waals surface area contributed by atoms with E-state index in [4.69, 9.17) is 23.2 Å². The van der Waals surface area contributed by atoms with Crippen molar-refractivity contribution in [1.29, 1.82) is 0 Å². The Morgan fingerprint density at radius 3 is 2.64 bits per heavy atom. The van der Waals surface area contributed by atoms with Gasteiger partial charge in [0.15, 0.2) is 0 Å². The van der Waals surface area contributed by atoms with Crippen molar-refractivity contribution in [3.8, 4) is 0 Å². The highest BCUT2D eigenvalue weighted by atomic mass is 35.5. The number of benzene rings is 1. The van der Waals surface area contributed by atoms with Gasteiger partial charge in [0, 0.05) is 13.1 Å². The van der Waals surface area contributed by atoms with E-state index in [1.165, 1.54) is 6.08 Å². The summed E-state index contributed by atoms with van der Waals surface area (Å²) < 4.78 is 0. The Balaban J connectivity index is 2.83. The minimum Gasteiger partial charge on any atom is -0.356 e.